The number of nitrogens with zero attached hydrogens (tertiary/aromatic N) is 2. The Balaban J connectivity index is 1.97. The standard InChI is InChI=1S/C14H17BrN2O2/c1-14(2,19)12(8-3-4-8)17-7-9-5-16-6-10(15)11(9)13(17)18/h5-6,8,12,19H,3-4,7H2,1-2H3. The SMILES string of the molecule is CC(C)(O)C(C1CC1)N1Cc2cncc(Br)c2C1=O. The van der Waals surface area contributed by atoms with Gasteiger partial charge in [0.25, 0.3) is 5.91 Å². The molecule has 1 aliphatic carbocycles. The fraction of sp³-hybridized carbons (Fsp3) is 0.571. The molecule has 102 valence electrons. The molecule has 1 aromatic heterocycles. The van der Waals surface area contributed by atoms with Crippen molar-refractivity contribution < 1.29 is 9.90 Å². The van der Waals surface area contributed by atoms with E-state index in [0.717, 1.165) is 22.9 Å². The minimum Gasteiger partial charge on any atom is -0.388 e. The molecular formula is C14H17BrN2O2. The molecule has 5 heteroatoms. The van der Waals surface area contributed by atoms with Gasteiger partial charge in [-0.2, -0.15) is 0 Å². The van der Waals surface area contributed by atoms with Crippen LogP contribution in [0.4, 0.5) is 0 Å². The Kier molecular flexibility index (Phi) is 2.94. The minimum atomic E-state index is -0.876. The highest BCUT2D eigenvalue weighted by molar-refractivity contribution is 9.10. The van der Waals surface area contributed by atoms with Crippen LogP contribution in [-0.4, -0.2) is 32.5 Å². The molecule has 19 heavy (non-hydrogen) atoms. The number of halogens is 1. The lowest BCUT2D eigenvalue weighted by Gasteiger charge is -2.37. The van der Waals surface area contributed by atoms with Crippen molar-refractivity contribution in [3.63, 3.8) is 0 Å². The summed E-state index contributed by atoms with van der Waals surface area (Å²) in [5, 5.41) is 10.4. The average Bonchev–Trinajstić information content (AvgIpc) is 3.04. The molecule has 1 fully saturated rings. The Bertz CT molecular complexity index is 535. The molecule has 0 radical (unpaired) electrons. The fourth-order valence-electron chi connectivity index (χ4n) is 3.08. The van der Waals surface area contributed by atoms with E-state index in [1.54, 1.807) is 26.2 Å². The van der Waals surface area contributed by atoms with Gasteiger partial charge in [0.2, 0.25) is 0 Å². The van der Waals surface area contributed by atoms with Gasteiger partial charge in [-0.25, -0.2) is 0 Å². The molecule has 1 atom stereocenters. The first-order chi connectivity index (χ1) is 8.89. The summed E-state index contributed by atoms with van der Waals surface area (Å²) in [5.74, 6) is 0.424. The van der Waals surface area contributed by atoms with Crippen LogP contribution in [0.25, 0.3) is 0 Å². The van der Waals surface area contributed by atoms with Crippen molar-refractivity contribution in [3.8, 4) is 0 Å². The number of rotatable bonds is 3. The molecule has 3 rings (SSSR count). The van der Waals surface area contributed by atoms with E-state index in [9.17, 15) is 9.90 Å². The van der Waals surface area contributed by atoms with Crippen molar-refractivity contribution in [2.75, 3.05) is 0 Å². The highest BCUT2D eigenvalue weighted by Gasteiger charge is 2.48. The second kappa shape index (κ2) is 4.28. The summed E-state index contributed by atoms with van der Waals surface area (Å²) >= 11 is 3.39. The van der Waals surface area contributed by atoms with Crippen molar-refractivity contribution in [2.45, 2.75) is 44.9 Å². The normalized spacial score (nSPS) is 20.6. The molecule has 0 aromatic carbocycles. The summed E-state index contributed by atoms with van der Waals surface area (Å²) in [4.78, 5) is 18.5. The maximum atomic E-state index is 12.6. The Morgan fingerprint density at radius 3 is 2.68 bits per heavy atom. The van der Waals surface area contributed by atoms with E-state index < -0.39 is 5.60 Å². The van der Waals surface area contributed by atoms with Crippen molar-refractivity contribution in [1.82, 2.24) is 9.88 Å². The number of carbonyl (C=O) groups is 1. The van der Waals surface area contributed by atoms with Crippen LogP contribution in [0.1, 0.15) is 42.6 Å². The highest BCUT2D eigenvalue weighted by Crippen LogP contribution is 2.43. The van der Waals surface area contributed by atoms with Gasteiger partial charge in [0.05, 0.1) is 17.2 Å². The maximum Gasteiger partial charge on any atom is 0.256 e. The van der Waals surface area contributed by atoms with Crippen LogP contribution in [0.2, 0.25) is 0 Å². The van der Waals surface area contributed by atoms with Gasteiger partial charge in [0.1, 0.15) is 0 Å². The quantitative estimate of drug-likeness (QED) is 0.928. The molecule has 1 saturated carbocycles. The van der Waals surface area contributed by atoms with Crippen molar-refractivity contribution >= 4 is 21.8 Å². The summed E-state index contributed by atoms with van der Waals surface area (Å²) in [7, 11) is 0. The van der Waals surface area contributed by atoms with Crippen LogP contribution >= 0.6 is 15.9 Å². The van der Waals surface area contributed by atoms with Crippen LogP contribution in [0.15, 0.2) is 16.9 Å². The van der Waals surface area contributed by atoms with E-state index in [1.807, 2.05) is 4.90 Å². The van der Waals surface area contributed by atoms with Gasteiger partial charge in [0.15, 0.2) is 0 Å². The molecule has 0 spiro atoms. The van der Waals surface area contributed by atoms with E-state index in [1.165, 1.54) is 0 Å². The van der Waals surface area contributed by atoms with Gasteiger partial charge in [-0.15, -0.1) is 0 Å². The summed E-state index contributed by atoms with van der Waals surface area (Å²) in [6.07, 6.45) is 5.57. The van der Waals surface area contributed by atoms with E-state index in [2.05, 4.69) is 20.9 Å². The summed E-state index contributed by atoms with van der Waals surface area (Å²) in [6, 6.07) is -0.112. The molecule has 1 aromatic rings. The van der Waals surface area contributed by atoms with Gasteiger partial charge >= 0.3 is 0 Å². The third-order valence-electron chi connectivity index (χ3n) is 3.92. The number of carbonyl (C=O) groups excluding carboxylic acids is 1. The fourth-order valence-corrected chi connectivity index (χ4v) is 3.63. The largest absolute Gasteiger partial charge is 0.388 e. The highest BCUT2D eigenvalue weighted by atomic mass is 79.9. The Morgan fingerprint density at radius 1 is 1.47 bits per heavy atom. The average molecular weight is 325 g/mol. The predicted octanol–water partition coefficient (Wildman–Crippen LogP) is 2.35. The van der Waals surface area contributed by atoms with Crippen LogP contribution in [0.5, 0.6) is 0 Å². The zero-order valence-corrected chi connectivity index (χ0v) is 12.6. The molecule has 4 nitrogen and oxygen atoms in total. The maximum absolute atomic E-state index is 12.6. The van der Waals surface area contributed by atoms with E-state index in [0.29, 0.717) is 18.0 Å². The molecule has 1 unspecified atom stereocenters. The first kappa shape index (κ1) is 13.1. The molecule has 1 amide bonds. The van der Waals surface area contributed by atoms with Crippen LogP contribution in [0.3, 0.4) is 0 Å². The first-order valence-electron chi connectivity index (χ1n) is 6.55. The molecule has 2 aliphatic rings. The van der Waals surface area contributed by atoms with E-state index in [-0.39, 0.29) is 11.9 Å². The second-order valence-corrected chi connectivity index (χ2v) is 6.88. The topological polar surface area (TPSA) is 53.4 Å². The molecular weight excluding hydrogens is 308 g/mol. The van der Waals surface area contributed by atoms with Gasteiger partial charge < -0.3 is 10.0 Å². The van der Waals surface area contributed by atoms with Crippen molar-refractivity contribution in [3.05, 3.63) is 28.0 Å². The minimum absolute atomic E-state index is 0.00306. The number of pyridine rings is 1. The Hall–Kier alpha value is -0.940. The lowest BCUT2D eigenvalue weighted by molar-refractivity contribution is -0.0224. The third kappa shape index (κ3) is 2.19. The van der Waals surface area contributed by atoms with Gasteiger partial charge in [0, 0.05) is 29.0 Å². The lowest BCUT2D eigenvalue weighted by Crippen LogP contribution is -2.51. The van der Waals surface area contributed by atoms with Crippen LogP contribution in [-0.2, 0) is 6.54 Å². The van der Waals surface area contributed by atoms with Gasteiger partial charge in [-0.1, -0.05) is 0 Å². The zero-order valence-electron chi connectivity index (χ0n) is 11.1. The van der Waals surface area contributed by atoms with E-state index in [4.69, 9.17) is 0 Å². The number of amides is 1. The molecule has 2 heterocycles. The molecule has 0 bridgehead atoms. The predicted molar refractivity (Wildman–Crippen MR) is 74.6 cm³/mol. The van der Waals surface area contributed by atoms with Crippen LogP contribution < -0.4 is 0 Å². The van der Waals surface area contributed by atoms with Crippen LogP contribution in [0, 0.1) is 5.92 Å². The number of aliphatic hydroxyl groups is 1. The monoisotopic (exact) mass is 324 g/mol. The third-order valence-corrected chi connectivity index (χ3v) is 4.52. The molecule has 1 aliphatic heterocycles. The van der Waals surface area contributed by atoms with Crippen molar-refractivity contribution in [2.24, 2.45) is 5.92 Å². The summed E-state index contributed by atoms with van der Waals surface area (Å²) in [6.45, 7) is 4.13. The summed E-state index contributed by atoms with van der Waals surface area (Å²) in [5.41, 5.74) is 0.762. The number of fused-ring (bicyclic) bond motifs is 1. The Labute approximate surface area is 121 Å². The smallest absolute Gasteiger partial charge is 0.256 e. The Morgan fingerprint density at radius 2 is 2.16 bits per heavy atom. The number of aromatic nitrogens is 1. The van der Waals surface area contributed by atoms with Crippen molar-refractivity contribution in [1.29, 1.82) is 0 Å². The van der Waals surface area contributed by atoms with Gasteiger partial charge in [-0.05, 0) is 48.5 Å². The second-order valence-electron chi connectivity index (χ2n) is 6.02. The van der Waals surface area contributed by atoms with E-state index >= 15 is 0 Å². The number of hydrogen-bond acceptors (Lipinski definition) is 3. The van der Waals surface area contributed by atoms with Gasteiger partial charge in [-0.3, -0.25) is 9.78 Å². The zero-order chi connectivity index (χ0) is 13.8. The molecule has 1 N–H and O–H groups in total. The first-order valence-corrected chi connectivity index (χ1v) is 7.34. The molecule has 0 saturated heterocycles. The number of hydrogen-bond donors (Lipinski definition) is 1. The summed E-state index contributed by atoms with van der Waals surface area (Å²) < 4.78 is 0.739. The lowest BCUT2D eigenvalue weighted by atomic mass is 9.93.